The van der Waals surface area contributed by atoms with Crippen LogP contribution in [-0.4, -0.2) is 7.05 Å². The number of fused-ring (bicyclic) bond motifs is 2. The first-order valence-corrected chi connectivity index (χ1v) is 5.98. The third kappa shape index (κ3) is 1.37. The molecule has 0 atom stereocenters. The van der Waals surface area contributed by atoms with Crippen molar-refractivity contribution in [2.45, 2.75) is 32.7 Å². The largest absolute Gasteiger partial charge is 0.459 e. The molecule has 0 unspecified atom stereocenters. The molecule has 1 N–H and O–H groups in total. The highest BCUT2D eigenvalue weighted by atomic mass is 16.3. The molecule has 1 heterocycles. The molecule has 2 heteroatoms. The lowest BCUT2D eigenvalue weighted by molar-refractivity contribution is 0.527. The summed E-state index contributed by atoms with van der Waals surface area (Å²) in [6, 6.07) is 4.57. The third-order valence-electron chi connectivity index (χ3n) is 3.59. The third-order valence-corrected chi connectivity index (χ3v) is 3.59. The predicted octanol–water partition coefficient (Wildman–Crippen LogP) is 2.95. The summed E-state index contributed by atoms with van der Waals surface area (Å²) in [5, 5.41) is 4.45. The van der Waals surface area contributed by atoms with E-state index in [0.29, 0.717) is 0 Å². The van der Waals surface area contributed by atoms with Crippen LogP contribution in [0.4, 0.5) is 0 Å². The molecule has 0 fully saturated rings. The van der Waals surface area contributed by atoms with Crippen LogP contribution in [0.15, 0.2) is 16.5 Å². The fraction of sp³-hybridized carbons (Fsp3) is 0.429. The number of benzene rings is 1. The lowest BCUT2D eigenvalue weighted by Gasteiger charge is -1.98. The maximum absolute atomic E-state index is 5.90. The molecule has 0 radical (unpaired) electrons. The van der Waals surface area contributed by atoms with Crippen LogP contribution >= 0.6 is 0 Å². The first kappa shape index (κ1) is 9.91. The monoisotopic (exact) mass is 215 g/mol. The number of rotatable bonds is 2. The van der Waals surface area contributed by atoms with E-state index in [9.17, 15) is 0 Å². The van der Waals surface area contributed by atoms with Crippen LogP contribution in [0.1, 0.15) is 28.9 Å². The Morgan fingerprint density at radius 2 is 2.00 bits per heavy atom. The average molecular weight is 215 g/mol. The Hall–Kier alpha value is -1.28. The molecular weight excluding hydrogens is 198 g/mol. The van der Waals surface area contributed by atoms with E-state index >= 15 is 0 Å². The molecular formula is C14H17NO. The van der Waals surface area contributed by atoms with Crippen molar-refractivity contribution in [3.05, 3.63) is 34.6 Å². The standard InChI is InChI=1S/C14H17NO/c1-9-12-6-10-4-3-5-11(10)7-13(12)16-14(9)8-15-2/h6-7,15H,3-5,8H2,1-2H3. The summed E-state index contributed by atoms with van der Waals surface area (Å²) in [6.45, 7) is 2.96. The van der Waals surface area contributed by atoms with Gasteiger partial charge >= 0.3 is 0 Å². The zero-order chi connectivity index (χ0) is 11.1. The zero-order valence-electron chi connectivity index (χ0n) is 9.89. The highest BCUT2D eigenvalue weighted by Gasteiger charge is 2.16. The molecule has 1 aromatic heterocycles. The van der Waals surface area contributed by atoms with E-state index in [-0.39, 0.29) is 0 Å². The van der Waals surface area contributed by atoms with Crippen molar-refractivity contribution in [1.29, 1.82) is 0 Å². The van der Waals surface area contributed by atoms with Gasteiger partial charge in [0.2, 0.25) is 0 Å². The summed E-state index contributed by atoms with van der Waals surface area (Å²) >= 11 is 0. The fourth-order valence-electron chi connectivity index (χ4n) is 2.67. The van der Waals surface area contributed by atoms with Gasteiger partial charge in [-0.25, -0.2) is 0 Å². The number of nitrogens with one attached hydrogen (secondary N) is 1. The topological polar surface area (TPSA) is 25.2 Å². The van der Waals surface area contributed by atoms with Crippen molar-refractivity contribution in [3.63, 3.8) is 0 Å². The van der Waals surface area contributed by atoms with Gasteiger partial charge in [0.1, 0.15) is 11.3 Å². The van der Waals surface area contributed by atoms with Crippen LogP contribution in [0, 0.1) is 6.92 Å². The Morgan fingerprint density at radius 3 is 2.75 bits per heavy atom. The molecule has 1 aliphatic rings. The Bertz CT molecular complexity index is 539. The van der Waals surface area contributed by atoms with E-state index in [1.165, 1.54) is 41.3 Å². The minimum absolute atomic E-state index is 0.811. The van der Waals surface area contributed by atoms with E-state index in [1.807, 2.05) is 7.05 Å². The molecule has 0 aliphatic heterocycles. The molecule has 1 aliphatic carbocycles. The maximum atomic E-state index is 5.90. The fourth-order valence-corrected chi connectivity index (χ4v) is 2.67. The molecule has 84 valence electrons. The lowest BCUT2D eigenvalue weighted by atomic mass is 10.1. The van der Waals surface area contributed by atoms with E-state index < -0.39 is 0 Å². The number of furan rings is 1. The molecule has 16 heavy (non-hydrogen) atoms. The summed E-state index contributed by atoms with van der Waals surface area (Å²) in [5.74, 6) is 1.07. The molecule has 0 spiro atoms. The van der Waals surface area contributed by atoms with Gasteiger partial charge < -0.3 is 9.73 Å². The second-order valence-electron chi connectivity index (χ2n) is 4.65. The van der Waals surface area contributed by atoms with Gasteiger partial charge in [-0.3, -0.25) is 0 Å². The molecule has 1 aromatic carbocycles. The second-order valence-corrected chi connectivity index (χ2v) is 4.65. The van der Waals surface area contributed by atoms with Crippen molar-refractivity contribution >= 4 is 11.0 Å². The number of hydrogen-bond acceptors (Lipinski definition) is 2. The summed E-state index contributed by atoms with van der Waals surface area (Å²) in [4.78, 5) is 0. The Balaban J connectivity index is 2.20. The normalized spacial score (nSPS) is 14.6. The summed E-state index contributed by atoms with van der Waals surface area (Å²) < 4.78 is 5.90. The number of aryl methyl sites for hydroxylation is 3. The van der Waals surface area contributed by atoms with Crippen LogP contribution in [0.25, 0.3) is 11.0 Å². The van der Waals surface area contributed by atoms with Crippen molar-refractivity contribution in [3.8, 4) is 0 Å². The van der Waals surface area contributed by atoms with Gasteiger partial charge in [0.15, 0.2) is 0 Å². The highest BCUT2D eigenvalue weighted by Crippen LogP contribution is 2.32. The maximum Gasteiger partial charge on any atom is 0.134 e. The summed E-state index contributed by atoms with van der Waals surface area (Å²) in [6.07, 6.45) is 3.74. The van der Waals surface area contributed by atoms with Gasteiger partial charge in [0.25, 0.3) is 0 Å². The predicted molar refractivity (Wildman–Crippen MR) is 65.7 cm³/mol. The molecule has 0 amide bonds. The first-order valence-electron chi connectivity index (χ1n) is 5.98. The quantitative estimate of drug-likeness (QED) is 0.833. The van der Waals surface area contributed by atoms with Crippen LogP contribution in [-0.2, 0) is 19.4 Å². The minimum Gasteiger partial charge on any atom is -0.459 e. The Labute approximate surface area is 95.6 Å². The van der Waals surface area contributed by atoms with Gasteiger partial charge in [0.05, 0.1) is 6.54 Å². The van der Waals surface area contributed by atoms with Gasteiger partial charge in [-0.1, -0.05) is 0 Å². The first-order chi connectivity index (χ1) is 7.79. The van der Waals surface area contributed by atoms with Gasteiger partial charge in [-0.05, 0) is 62.1 Å². The van der Waals surface area contributed by atoms with E-state index in [0.717, 1.165) is 17.9 Å². The molecule has 2 aromatic rings. The van der Waals surface area contributed by atoms with Crippen molar-refractivity contribution in [2.75, 3.05) is 7.05 Å². The van der Waals surface area contributed by atoms with Crippen molar-refractivity contribution < 1.29 is 4.42 Å². The van der Waals surface area contributed by atoms with Gasteiger partial charge in [0, 0.05) is 5.39 Å². The summed E-state index contributed by atoms with van der Waals surface area (Å²) in [7, 11) is 1.95. The SMILES string of the molecule is CNCc1oc2cc3c(cc2c1C)CCC3. The van der Waals surface area contributed by atoms with E-state index in [2.05, 4.69) is 24.4 Å². The molecule has 0 bridgehead atoms. The smallest absolute Gasteiger partial charge is 0.134 e. The molecule has 2 nitrogen and oxygen atoms in total. The van der Waals surface area contributed by atoms with Crippen molar-refractivity contribution in [2.24, 2.45) is 0 Å². The second kappa shape index (κ2) is 3.63. The van der Waals surface area contributed by atoms with Crippen LogP contribution < -0.4 is 5.32 Å². The van der Waals surface area contributed by atoms with Crippen LogP contribution in [0.3, 0.4) is 0 Å². The Morgan fingerprint density at radius 1 is 1.25 bits per heavy atom. The molecule has 3 rings (SSSR count). The van der Waals surface area contributed by atoms with Gasteiger partial charge in [-0.2, -0.15) is 0 Å². The molecule has 0 saturated carbocycles. The Kier molecular flexibility index (Phi) is 2.25. The van der Waals surface area contributed by atoms with Crippen LogP contribution in [0.2, 0.25) is 0 Å². The lowest BCUT2D eigenvalue weighted by Crippen LogP contribution is -2.04. The highest BCUT2D eigenvalue weighted by molar-refractivity contribution is 5.84. The zero-order valence-corrected chi connectivity index (χ0v) is 9.89. The van der Waals surface area contributed by atoms with Crippen molar-refractivity contribution in [1.82, 2.24) is 5.32 Å². The minimum atomic E-state index is 0.811. The van der Waals surface area contributed by atoms with E-state index in [1.54, 1.807) is 0 Å². The van der Waals surface area contributed by atoms with E-state index in [4.69, 9.17) is 4.42 Å². The van der Waals surface area contributed by atoms with Crippen LogP contribution in [0.5, 0.6) is 0 Å². The number of hydrogen-bond donors (Lipinski definition) is 1. The summed E-state index contributed by atoms with van der Waals surface area (Å²) in [5.41, 5.74) is 5.35. The van der Waals surface area contributed by atoms with Gasteiger partial charge in [-0.15, -0.1) is 0 Å². The average Bonchev–Trinajstić information content (AvgIpc) is 2.83. The molecule has 0 saturated heterocycles.